The molecule has 0 saturated carbocycles. The largest absolute Gasteiger partial charge is 0.386 e. The van der Waals surface area contributed by atoms with Crippen LogP contribution >= 0.6 is 67.8 Å². The van der Waals surface area contributed by atoms with Crippen molar-refractivity contribution in [3.8, 4) is 0 Å². The quantitative estimate of drug-likeness (QED) is 0.601. The monoisotopic (exact) mass is 485 g/mol. The standard InChI is InChI=1S/C7H6I3N/c1-11-7-5(9)2-4(8)3-6(7)10/h2-3,11H,1H3. The molecule has 0 aliphatic carbocycles. The van der Waals surface area contributed by atoms with E-state index in [0.717, 1.165) is 0 Å². The Morgan fingerprint density at radius 1 is 1.09 bits per heavy atom. The van der Waals surface area contributed by atoms with Gasteiger partial charge in [0.15, 0.2) is 0 Å². The van der Waals surface area contributed by atoms with E-state index in [1.807, 2.05) is 7.05 Å². The Hall–Kier alpha value is 1.21. The van der Waals surface area contributed by atoms with Gasteiger partial charge in [-0.2, -0.15) is 0 Å². The van der Waals surface area contributed by atoms with E-state index in [9.17, 15) is 0 Å². The summed E-state index contributed by atoms with van der Waals surface area (Å²) in [6.45, 7) is 0. The van der Waals surface area contributed by atoms with Gasteiger partial charge in [-0.05, 0) is 79.9 Å². The number of hydrogen-bond donors (Lipinski definition) is 1. The summed E-state index contributed by atoms with van der Waals surface area (Å²) in [5, 5.41) is 3.17. The van der Waals surface area contributed by atoms with E-state index in [4.69, 9.17) is 0 Å². The van der Waals surface area contributed by atoms with Crippen LogP contribution in [0.1, 0.15) is 0 Å². The number of hydrogen-bond acceptors (Lipinski definition) is 1. The van der Waals surface area contributed by atoms with Gasteiger partial charge in [0.05, 0.1) is 5.69 Å². The molecule has 0 aliphatic rings. The van der Waals surface area contributed by atoms with Gasteiger partial charge in [-0.3, -0.25) is 0 Å². The summed E-state index contributed by atoms with van der Waals surface area (Å²) in [6.07, 6.45) is 0. The minimum Gasteiger partial charge on any atom is -0.386 e. The summed E-state index contributed by atoms with van der Waals surface area (Å²) < 4.78 is 3.85. The number of rotatable bonds is 1. The Morgan fingerprint density at radius 3 is 1.91 bits per heavy atom. The maximum absolute atomic E-state index is 3.17. The highest BCUT2D eigenvalue weighted by atomic mass is 127. The highest BCUT2D eigenvalue weighted by Crippen LogP contribution is 2.26. The van der Waals surface area contributed by atoms with Gasteiger partial charge in [0, 0.05) is 17.8 Å². The molecule has 0 radical (unpaired) electrons. The van der Waals surface area contributed by atoms with Crippen LogP contribution in [0.4, 0.5) is 5.69 Å². The maximum atomic E-state index is 3.17. The Morgan fingerprint density at radius 2 is 1.55 bits per heavy atom. The summed E-state index contributed by atoms with van der Waals surface area (Å²) in [6, 6.07) is 4.32. The van der Waals surface area contributed by atoms with Gasteiger partial charge < -0.3 is 5.32 Å². The molecule has 0 aliphatic heterocycles. The zero-order chi connectivity index (χ0) is 8.43. The first-order chi connectivity index (χ1) is 5.15. The molecule has 0 aromatic heterocycles. The molecule has 1 N–H and O–H groups in total. The third-order valence-electron chi connectivity index (χ3n) is 1.26. The molecule has 0 spiro atoms. The molecular weight excluding hydrogens is 479 g/mol. The summed E-state index contributed by atoms with van der Waals surface area (Å²) in [7, 11) is 1.95. The topological polar surface area (TPSA) is 12.0 Å². The minimum absolute atomic E-state index is 1.23. The summed E-state index contributed by atoms with van der Waals surface area (Å²) in [5.74, 6) is 0. The number of anilines is 1. The van der Waals surface area contributed by atoms with Crippen LogP contribution < -0.4 is 5.32 Å². The van der Waals surface area contributed by atoms with Crippen LogP contribution in [-0.2, 0) is 0 Å². The molecular formula is C7H6I3N. The molecule has 1 aromatic rings. The Bertz CT molecular complexity index is 249. The van der Waals surface area contributed by atoms with Gasteiger partial charge in [-0.1, -0.05) is 0 Å². The first-order valence-corrected chi connectivity index (χ1v) is 6.21. The predicted octanol–water partition coefficient (Wildman–Crippen LogP) is 3.54. The van der Waals surface area contributed by atoms with Crippen molar-refractivity contribution < 1.29 is 0 Å². The van der Waals surface area contributed by atoms with Crippen molar-refractivity contribution in [3.05, 3.63) is 22.8 Å². The van der Waals surface area contributed by atoms with Crippen molar-refractivity contribution >= 4 is 73.5 Å². The third kappa shape index (κ3) is 2.58. The average molecular weight is 485 g/mol. The predicted molar refractivity (Wildman–Crippen MR) is 74.1 cm³/mol. The number of nitrogens with one attached hydrogen (secondary N) is 1. The fourth-order valence-corrected chi connectivity index (χ4v) is 4.90. The second-order valence-electron chi connectivity index (χ2n) is 1.99. The van der Waals surface area contributed by atoms with Crippen LogP contribution in [0.5, 0.6) is 0 Å². The van der Waals surface area contributed by atoms with E-state index >= 15 is 0 Å². The molecule has 0 amide bonds. The fraction of sp³-hybridized carbons (Fsp3) is 0.143. The first-order valence-electron chi connectivity index (χ1n) is 2.97. The van der Waals surface area contributed by atoms with E-state index < -0.39 is 0 Å². The van der Waals surface area contributed by atoms with Crippen molar-refractivity contribution in [2.45, 2.75) is 0 Å². The van der Waals surface area contributed by atoms with Gasteiger partial charge in [-0.15, -0.1) is 0 Å². The molecule has 0 fully saturated rings. The highest BCUT2D eigenvalue weighted by molar-refractivity contribution is 14.1. The lowest BCUT2D eigenvalue weighted by Gasteiger charge is -2.06. The lowest BCUT2D eigenvalue weighted by Crippen LogP contribution is -1.95. The van der Waals surface area contributed by atoms with Crippen molar-refractivity contribution in [2.24, 2.45) is 0 Å². The molecule has 60 valence electrons. The molecule has 1 aromatic carbocycles. The van der Waals surface area contributed by atoms with Crippen LogP contribution in [-0.4, -0.2) is 7.05 Å². The van der Waals surface area contributed by atoms with Gasteiger partial charge in [0.2, 0.25) is 0 Å². The number of halogens is 3. The molecule has 0 atom stereocenters. The van der Waals surface area contributed by atoms with Gasteiger partial charge >= 0.3 is 0 Å². The zero-order valence-corrected chi connectivity index (χ0v) is 12.3. The smallest absolute Gasteiger partial charge is 0.0609 e. The lowest BCUT2D eigenvalue weighted by molar-refractivity contribution is 1.44. The van der Waals surface area contributed by atoms with Crippen molar-refractivity contribution in [2.75, 3.05) is 12.4 Å². The Labute approximate surface area is 107 Å². The van der Waals surface area contributed by atoms with Crippen LogP contribution in [0.25, 0.3) is 0 Å². The SMILES string of the molecule is CNc1c(I)cc(I)cc1I. The summed E-state index contributed by atoms with van der Waals surface area (Å²) in [5.41, 5.74) is 1.23. The van der Waals surface area contributed by atoms with Crippen molar-refractivity contribution in [1.82, 2.24) is 0 Å². The molecule has 1 rings (SSSR count). The van der Waals surface area contributed by atoms with Crippen LogP contribution in [0.15, 0.2) is 12.1 Å². The number of benzene rings is 1. The molecule has 0 saturated heterocycles. The Kier molecular flexibility index (Phi) is 4.16. The van der Waals surface area contributed by atoms with E-state index in [1.165, 1.54) is 16.4 Å². The van der Waals surface area contributed by atoms with Crippen LogP contribution in [0, 0.1) is 10.7 Å². The van der Waals surface area contributed by atoms with Crippen molar-refractivity contribution in [1.29, 1.82) is 0 Å². The normalized spacial score (nSPS) is 9.82. The fourth-order valence-electron chi connectivity index (χ4n) is 0.781. The average Bonchev–Trinajstić information content (AvgIpc) is 1.85. The minimum atomic E-state index is 1.23. The second-order valence-corrected chi connectivity index (χ2v) is 5.56. The molecule has 4 heteroatoms. The van der Waals surface area contributed by atoms with Gasteiger partial charge in [0.25, 0.3) is 0 Å². The van der Waals surface area contributed by atoms with Gasteiger partial charge in [-0.25, -0.2) is 0 Å². The van der Waals surface area contributed by atoms with E-state index in [1.54, 1.807) is 0 Å². The van der Waals surface area contributed by atoms with E-state index in [0.29, 0.717) is 0 Å². The zero-order valence-electron chi connectivity index (χ0n) is 5.79. The maximum Gasteiger partial charge on any atom is 0.0609 e. The molecule has 0 unspecified atom stereocenters. The molecule has 1 nitrogen and oxygen atoms in total. The summed E-state index contributed by atoms with van der Waals surface area (Å²) in [4.78, 5) is 0. The van der Waals surface area contributed by atoms with Gasteiger partial charge in [0.1, 0.15) is 0 Å². The molecule has 0 bridgehead atoms. The molecule has 0 heterocycles. The highest BCUT2D eigenvalue weighted by Gasteiger charge is 2.03. The van der Waals surface area contributed by atoms with Crippen molar-refractivity contribution in [3.63, 3.8) is 0 Å². The first kappa shape index (κ1) is 10.3. The Balaban J connectivity index is 3.25. The lowest BCUT2D eigenvalue weighted by atomic mass is 10.3. The van der Waals surface area contributed by atoms with E-state index in [-0.39, 0.29) is 0 Å². The summed E-state index contributed by atoms with van der Waals surface area (Å²) >= 11 is 7.01. The van der Waals surface area contributed by atoms with E-state index in [2.05, 4.69) is 85.2 Å². The van der Waals surface area contributed by atoms with Crippen LogP contribution in [0.3, 0.4) is 0 Å². The second kappa shape index (κ2) is 4.45. The molecule has 11 heavy (non-hydrogen) atoms. The third-order valence-corrected chi connectivity index (χ3v) is 3.58. The van der Waals surface area contributed by atoms with Crippen LogP contribution in [0.2, 0.25) is 0 Å².